The molecule has 0 radical (unpaired) electrons. The first-order valence-electron chi connectivity index (χ1n) is 8.23. The van der Waals surface area contributed by atoms with Crippen molar-refractivity contribution in [2.45, 2.75) is 12.0 Å². The molecule has 1 atom stereocenters. The van der Waals surface area contributed by atoms with Gasteiger partial charge in [-0.25, -0.2) is 0 Å². The van der Waals surface area contributed by atoms with E-state index in [0.29, 0.717) is 21.8 Å². The quantitative estimate of drug-likeness (QED) is 0.715. The zero-order valence-corrected chi connectivity index (χ0v) is 14.8. The van der Waals surface area contributed by atoms with Gasteiger partial charge in [-0.2, -0.15) is 0 Å². The minimum Gasteiger partial charge on any atom is -0.375 e. The Bertz CT molecular complexity index is 1060. The predicted octanol–water partition coefficient (Wildman–Crippen LogP) is 3.93. The Labute approximate surface area is 155 Å². The summed E-state index contributed by atoms with van der Waals surface area (Å²) >= 11 is 6.05. The van der Waals surface area contributed by atoms with Gasteiger partial charge in [0.25, 0.3) is 5.91 Å². The summed E-state index contributed by atoms with van der Waals surface area (Å²) in [5.74, 6) is -0.817. The van der Waals surface area contributed by atoms with E-state index in [1.54, 1.807) is 37.4 Å². The van der Waals surface area contributed by atoms with Crippen LogP contribution in [0.25, 0.3) is 10.8 Å². The third-order valence-electron chi connectivity index (χ3n) is 4.93. The maximum atomic E-state index is 13.0. The fourth-order valence-corrected chi connectivity index (χ4v) is 3.77. The van der Waals surface area contributed by atoms with Crippen LogP contribution in [-0.4, -0.2) is 23.8 Å². The Hall–Kier alpha value is -2.69. The molecule has 26 heavy (non-hydrogen) atoms. The molecule has 5 heteroatoms. The second kappa shape index (κ2) is 5.94. The zero-order valence-electron chi connectivity index (χ0n) is 14.1. The number of halogens is 1. The van der Waals surface area contributed by atoms with E-state index in [2.05, 4.69) is 0 Å². The summed E-state index contributed by atoms with van der Waals surface area (Å²) in [6.07, 6.45) is -0.336. The lowest BCUT2D eigenvalue weighted by Crippen LogP contribution is -2.40. The van der Waals surface area contributed by atoms with E-state index >= 15 is 0 Å². The van der Waals surface area contributed by atoms with Gasteiger partial charge in [0.2, 0.25) is 0 Å². The molecule has 0 spiro atoms. The number of carbonyl (C=O) groups excluding carboxylic acids is 2. The zero-order chi connectivity index (χ0) is 18.5. The van der Waals surface area contributed by atoms with Crippen LogP contribution in [0.15, 0.2) is 60.7 Å². The van der Waals surface area contributed by atoms with Gasteiger partial charge < -0.3 is 10.0 Å². The van der Waals surface area contributed by atoms with Crippen molar-refractivity contribution in [1.82, 2.24) is 0 Å². The highest BCUT2D eigenvalue weighted by atomic mass is 35.5. The van der Waals surface area contributed by atoms with Gasteiger partial charge in [0, 0.05) is 23.2 Å². The number of carbonyl (C=O) groups is 2. The number of Topliss-reactive ketones (excluding diaryl/α,β-unsaturated/α-hetero) is 1. The summed E-state index contributed by atoms with van der Waals surface area (Å²) in [6.45, 7) is 0. The van der Waals surface area contributed by atoms with E-state index in [4.69, 9.17) is 11.6 Å². The van der Waals surface area contributed by atoms with Crippen molar-refractivity contribution < 1.29 is 14.7 Å². The van der Waals surface area contributed by atoms with E-state index in [-0.39, 0.29) is 12.2 Å². The average molecular weight is 366 g/mol. The Morgan fingerprint density at radius 3 is 2.65 bits per heavy atom. The minimum atomic E-state index is -1.91. The molecule has 0 saturated carbocycles. The summed E-state index contributed by atoms with van der Waals surface area (Å²) in [5.41, 5.74) is -0.496. The van der Waals surface area contributed by atoms with Crippen LogP contribution in [0.2, 0.25) is 5.02 Å². The SMILES string of the molecule is CN1C(=O)C(O)(CC(=O)c2cccc3ccccc23)c2cc(Cl)ccc21. The van der Waals surface area contributed by atoms with Crippen molar-refractivity contribution in [3.8, 4) is 0 Å². The monoisotopic (exact) mass is 365 g/mol. The van der Waals surface area contributed by atoms with Crippen LogP contribution in [0.5, 0.6) is 0 Å². The Kier molecular flexibility index (Phi) is 3.83. The second-order valence-corrected chi connectivity index (χ2v) is 6.95. The smallest absolute Gasteiger partial charge is 0.263 e. The Balaban J connectivity index is 1.78. The molecule has 0 saturated heterocycles. The van der Waals surface area contributed by atoms with Crippen molar-refractivity contribution in [2.24, 2.45) is 0 Å². The van der Waals surface area contributed by atoms with E-state index in [1.807, 2.05) is 30.3 Å². The van der Waals surface area contributed by atoms with Gasteiger partial charge in [0.15, 0.2) is 11.4 Å². The van der Waals surface area contributed by atoms with Crippen molar-refractivity contribution in [3.05, 3.63) is 76.8 Å². The topological polar surface area (TPSA) is 57.6 Å². The molecule has 1 unspecified atom stereocenters. The third kappa shape index (κ3) is 2.42. The summed E-state index contributed by atoms with van der Waals surface area (Å²) in [7, 11) is 1.58. The maximum absolute atomic E-state index is 13.0. The van der Waals surface area contributed by atoms with Crippen molar-refractivity contribution >= 4 is 39.8 Å². The number of likely N-dealkylation sites (N-methyl/N-ethyl adjacent to an activating group) is 1. The number of amides is 1. The highest BCUT2D eigenvalue weighted by molar-refractivity contribution is 6.31. The van der Waals surface area contributed by atoms with Crippen LogP contribution >= 0.6 is 11.6 Å². The molecule has 1 heterocycles. The standard InChI is InChI=1S/C21H16ClNO3/c1-23-18-10-9-14(22)11-17(18)21(26,20(23)25)12-19(24)16-8-4-6-13-5-2-3-7-15(13)16/h2-11,26H,12H2,1H3. The van der Waals surface area contributed by atoms with Crippen molar-refractivity contribution in [1.29, 1.82) is 0 Å². The van der Waals surface area contributed by atoms with Gasteiger partial charge >= 0.3 is 0 Å². The molecule has 0 bridgehead atoms. The number of hydrogen-bond acceptors (Lipinski definition) is 3. The molecule has 130 valence electrons. The summed E-state index contributed by atoms with van der Waals surface area (Å²) < 4.78 is 0. The highest BCUT2D eigenvalue weighted by Gasteiger charge is 2.49. The summed E-state index contributed by atoms with van der Waals surface area (Å²) in [4.78, 5) is 27.1. The lowest BCUT2D eigenvalue weighted by atomic mass is 9.87. The molecule has 1 aliphatic heterocycles. The molecule has 1 aliphatic rings. The van der Waals surface area contributed by atoms with Crippen LogP contribution in [0.4, 0.5) is 5.69 Å². The van der Waals surface area contributed by atoms with Crippen molar-refractivity contribution in [2.75, 3.05) is 11.9 Å². The van der Waals surface area contributed by atoms with Crippen LogP contribution in [0, 0.1) is 0 Å². The normalized spacial score (nSPS) is 19.0. The van der Waals surface area contributed by atoms with Gasteiger partial charge in [-0.1, -0.05) is 54.1 Å². The largest absolute Gasteiger partial charge is 0.375 e. The summed E-state index contributed by atoms with van der Waals surface area (Å²) in [5, 5.41) is 13.3. The molecular formula is C21H16ClNO3. The lowest BCUT2D eigenvalue weighted by molar-refractivity contribution is -0.135. The predicted molar refractivity (Wildman–Crippen MR) is 102 cm³/mol. The number of aliphatic hydroxyl groups is 1. The number of ketones is 1. The number of rotatable bonds is 3. The number of nitrogens with zero attached hydrogens (tertiary/aromatic N) is 1. The first-order valence-corrected chi connectivity index (χ1v) is 8.61. The van der Waals surface area contributed by atoms with Gasteiger partial charge in [-0.05, 0) is 29.0 Å². The van der Waals surface area contributed by atoms with Gasteiger partial charge in [0.1, 0.15) is 0 Å². The molecule has 1 N–H and O–H groups in total. The van der Waals surface area contributed by atoms with E-state index in [9.17, 15) is 14.7 Å². The van der Waals surface area contributed by atoms with E-state index in [0.717, 1.165) is 10.8 Å². The van der Waals surface area contributed by atoms with Crippen molar-refractivity contribution in [3.63, 3.8) is 0 Å². The number of hydrogen-bond donors (Lipinski definition) is 1. The van der Waals surface area contributed by atoms with Gasteiger partial charge in [-0.3, -0.25) is 9.59 Å². The lowest BCUT2D eigenvalue weighted by Gasteiger charge is -2.21. The summed E-state index contributed by atoms with van der Waals surface area (Å²) in [6, 6.07) is 17.9. The molecular weight excluding hydrogens is 350 g/mol. The first-order chi connectivity index (χ1) is 12.4. The number of fused-ring (bicyclic) bond motifs is 2. The Morgan fingerprint density at radius 2 is 1.85 bits per heavy atom. The van der Waals surface area contributed by atoms with Crippen LogP contribution < -0.4 is 4.90 Å². The molecule has 0 aromatic heterocycles. The first kappa shape index (κ1) is 16.8. The highest BCUT2D eigenvalue weighted by Crippen LogP contribution is 2.43. The molecule has 1 amide bonds. The fraction of sp³-hybridized carbons (Fsp3) is 0.143. The molecule has 3 aromatic rings. The molecule has 0 fully saturated rings. The van der Waals surface area contributed by atoms with Crippen LogP contribution in [0.1, 0.15) is 22.3 Å². The minimum absolute atomic E-state index is 0.293. The Morgan fingerprint density at radius 1 is 1.12 bits per heavy atom. The number of benzene rings is 3. The van der Waals surface area contributed by atoms with Gasteiger partial charge in [-0.15, -0.1) is 0 Å². The number of anilines is 1. The molecule has 3 aromatic carbocycles. The van der Waals surface area contributed by atoms with Crippen LogP contribution in [-0.2, 0) is 10.4 Å². The molecule has 4 nitrogen and oxygen atoms in total. The molecule has 4 rings (SSSR count). The van der Waals surface area contributed by atoms with Gasteiger partial charge in [0.05, 0.1) is 12.1 Å². The third-order valence-corrected chi connectivity index (χ3v) is 5.17. The average Bonchev–Trinajstić information content (AvgIpc) is 2.82. The maximum Gasteiger partial charge on any atom is 0.263 e. The van der Waals surface area contributed by atoms with Crippen LogP contribution in [0.3, 0.4) is 0 Å². The van der Waals surface area contributed by atoms with E-state index < -0.39 is 11.5 Å². The van der Waals surface area contributed by atoms with E-state index in [1.165, 1.54) is 4.90 Å². The fourth-order valence-electron chi connectivity index (χ4n) is 3.60. The molecule has 0 aliphatic carbocycles. The second-order valence-electron chi connectivity index (χ2n) is 6.51.